The fraction of sp³-hybridized carbons (Fsp3) is 0.0588. The molecule has 1 amide bonds. The largest absolute Gasteiger partial charge is 0.481 e. The van der Waals surface area contributed by atoms with Gasteiger partial charge in [0.25, 0.3) is 5.91 Å². The summed E-state index contributed by atoms with van der Waals surface area (Å²) in [6.45, 7) is 0. The zero-order valence-electron chi connectivity index (χ0n) is 11.8. The van der Waals surface area contributed by atoms with E-state index in [1.807, 2.05) is 42.5 Å². The van der Waals surface area contributed by atoms with E-state index >= 15 is 0 Å². The molecule has 4 nitrogen and oxygen atoms in total. The van der Waals surface area contributed by atoms with Crippen molar-refractivity contribution in [2.45, 2.75) is 0 Å². The van der Waals surface area contributed by atoms with Crippen molar-refractivity contribution in [2.24, 2.45) is 0 Å². The smallest absolute Gasteiger partial charge is 0.255 e. The number of amides is 1. The van der Waals surface area contributed by atoms with Crippen LogP contribution < -0.4 is 10.1 Å². The van der Waals surface area contributed by atoms with Crippen molar-refractivity contribution in [1.29, 1.82) is 0 Å². The van der Waals surface area contributed by atoms with Gasteiger partial charge in [-0.1, -0.05) is 48.0 Å². The van der Waals surface area contributed by atoms with Crippen molar-refractivity contribution >= 4 is 34.0 Å². The van der Waals surface area contributed by atoms with Crippen LogP contribution in [0.3, 0.4) is 0 Å². The molecule has 0 saturated heterocycles. The minimum Gasteiger partial charge on any atom is -0.481 e. The van der Waals surface area contributed by atoms with E-state index in [-0.39, 0.29) is 11.1 Å². The molecule has 0 aliphatic rings. The van der Waals surface area contributed by atoms with Crippen LogP contribution in [0.25, 0.3) is 10.8 Å². The normalized spacial score (nSPS) is 10.5. The van der Waals surface area contributed by atoms with Crippen LogP contribution in [0, 0.1) is 0 Å². The van der Waals surface area contributed by atoms with Crippen molar-refractivity contribution in [1.82, 2.24) is 4.98 Å². The highest BCUT2D eigenvalue weighted by atomic mass is 35.5. The van der Waals surface area contributed by atoms with Crippen LogP contribution in [-0.4, -0.2) is 18.0 Å². The van der Waals surface area contributed by atoms with E-state index in [1.54, 1.807) is 6.07 Å². The molecule has 0 atom stereocenters. The molecule has 0 aliphatic carbocycles. The second kappa shape index (κ2) is 6.03. The molecule has 110 valence electrons. The number of nitrogens with zero attached hydrogens (tertiary/aromatic N) is 1. The van der Waals surface area contributed by atoms with E-state index in [9.17, 15) is 4.79 Å². The Labute approximate surface area is 132 Å². The summed E-state index contributed by atoms with van der Waals surface area (Å²) in [6, 6.07) is 16.7. The van der Waals surface area contributed by atoms with E-state index in [2.05, 4.69) is 10.3 Å². The van der Waals surface area contributed by atoms with E-state index in [1.165, 1.54) is 13.2 Å². The predicted octanol–water partition coefficient (Wildman–Crippen LogP) is 4.15. The molecule has 0 saturated carbocycles. The number of hydrogen-bond acceptors (Lipinski definition) is 3. The van der Waals surface area contributed by atoms with Crippen LogP contribution in [-0.2, 0) is 0 Å². The number of methoxy groups -OCH3 is 1. The first-order valence-corrected chi connectivity index (χ1v) is 7.06. The number of carbonyl (C=O) groups is 1. The minimum absolute atomic E-state index is 0.211. The first-order chi connectivity index (χ1) is 10.7. The van der Waals surface area contributed by atoms with Crippen LogP contribution in [0.1, 0.15) is 10.4 Å². The van der Waals surface area contributed by atoms with Gasteiger partial charge in [0.1, 0.15) is 5.15 Å². The Morgan fingerprint density at radius 1 is 1.14 bits per heavy atom. The van der Waals surface area contributed by atoms with Gasteiger partial charge in [-0.05, 0) is 17.5 Å². The van der Waals surface area contributed by atoms with Gasteiger partial charge >= 0.3 is 0 Å². The zero-order valence-corrected chi connectivity index (χ0v) is 12.6. The lowest BCUT2D eigenvalue weighted by Crippen LogP contribution is -2.12. The van der Waals surface area contributed by atoms with Gasteiger partial charge in [-0.3, -0.25) is 4.79 Å². The number of hydrogen-bond donors (Lipinski definition) is 1. The highest BCUT2D eigenvalue weighted by Gasteiger charge is 2.11. The minimum atomic E-state index is -0.265. The van der Waals surface area contributed by atoms with Crippen molar-refractivity contribution in [3.8, 4) is 5.88 Å². The second-order valence-corrected chi connectivity index (χ2v) is 5.09. The Bertz CT molecular complexity index is 844. The number of halogens is 1. The van der Waals surface area contributed by atoms with Crippen molar-refractivity contribution < 1.29 is 9.53 Å². The van der Waals surface area contributed by atoms with Crippen LogP contribution >= 0.6 is 11.6 Å². The number of rotatable bonds is 3. The van der Waals surface area contributed by atoms with Gasteiger partial charge in [0.15, 0.2) is 0 Å². The molecular weight excluding hydrogens is 300 g/mol. The number of nitrogens with one attached hydrogen (secondary N) is 1. The Morgan fingerprint density at radius 3 is 2.73 bits per heavy atom. The summed E-state index contributed by atoms with van der Waals surface area (Å²) in [5.74, 6) is 0.0366. The van der Waals surface area contributed by atoms with E-state index in [4.69, 9.17) is 16.3 Å². The van der Waals surface area contributed by atoms with Gasteiger partial charge in [0.05, 0.1) is 7.11 Å². The molecule has 1 aromatic heterocycles. The molecular formula is C17H13ClN2O2. The van der Waals surface area contributed by atoms with Crippen LogP contribution in [0.4, 0.5) is 5.69 Å². The van der Waals surface area contributed by atoms with Crippen LogP contribution in [0.15, 0.2) is 54.6 Å². The lowest BCUT2D eigenvalue weighted by atomic mass is 10.1. The first kappa shape index (κ1) is 14.4. The highest BCUT2D eigenvalue weighted by Crippen LogP contribution is 2.24. The monoisotopic (exact) mass is 312 g/mol. The summed E-state index contributed by atoms with van der Waals surface area (Å²) in [6.07, 6.45) is 0. The summed E-state index contributed by atoms with van der Waals surface area (Å²) in [5.41, 5.74) is 1.14. The molecule has 0 spiro atoms. The van der Waals surface area contributed by atoms with Crippen molar-refractivity contribution in [3.05, 3.63) is 65.3 Å². The maximum atomic E-state index is 12.4. The fourth-order valence-electron chi connectivity index (χ4n) is 2.24. The van der Waals surface area contributed by atoms with Crippen LogP contribution in [0.5, 0.6) is 5.88 Å². The first-order valence-electron chi connectivity index (χ1n) is 6.68. The number of pyridine rings is 1. The van der Waals surface area contributed by atoms with Crippen molar-refractivity contribution in [3.63, 3.8) is 0 Å². The zero-order chi connectivity index (χ0) is 15.5. The summed E-state index contributed by atoms with van der Waals surface area (Å²) in [5, 5.41) is 5.15. The Morgan fingerprint density at radius 2 is 1.91 bits per heavy atom. The number of anilines is 1. The number of aromatic nitrogens is 1. The number of benzene rings is 2. The van der Waals surface area contributed by atoms with Gasteiger partial charge in [-0.2, -0.15) is 0 Å². The van der Waals surface area contributed by atoms with E-state index in [0.29, 0.717) is 11.4 Å². The predicted molar refractivity (Wildman–Crippen MR) is 87.7 cm³/mol. The maximum Gasteiger partial charge on any atom is 0.255 e. The summed E-state index contributed by atoms with van der Waals surface area (Å²) < 4.78 is 5.03. The third kappa shape index (κ3) is 2.87. The van der Waals surface area contributed by atoms with E-state index in [0.717, 1.165) is 16.5 Å². The molecule has 3 aromatic rings. The molecule has 3 rings (SSSR count). The van der Waals surface area contributed by atoms with E-state index < -0.39 is 0 Å². The molecule has 0 unspecified atom stereocenters. The average Bonchev–Trinajstić information content (AvgIpc) is 2.54. The molecule has 0 aliphatic heterocycles. The highest BCUT2D eigenvalue weighted by molar-refractivity contribution is 6.30. The summed E-state index contributed by atoms with van der Waals surface area (Å²) in [7, 11) is 1.48. The molecule has 22 heavy (non-hydrogen) atoms. The lowest BCUT2D eigenvalue weighted by Gasteiger charge is -2.09. The summed E-state index contributed by atoms with van der Waals surface area (Å²) in [4.78, 5) is 16.4. The molecule has 0 fully saturated rings. The fourth-order valence-corrected chi connectivity index (χ4v) is 2.44. The van der Waals surface area contributed by atoms with Gasteiger partial charge in [0, 0.05) is 22.7 Å². The number of fused-ring (bicyclic) bond motifs is 1. The van der Waals surface area contributed by atoms with Gasteiger partial charge < -0.3 is 10.1 Å². The SMILES string of the molecule is COc1cc(C(=O)Nc2cccc3ccccc23)cc(Cl)n1. The maximum absolute atomic E-state index is 12.4. The molecule has 0 bridgehead atoms. The average molecular weight is 313 g/mol. The topological polar surface area (TPSA) is 51.2 Å². The third-order valence-corrected chi connectivity index (χ3v) is 3.47. The third-order valence-electron chi connectivity index (χ3n) is 3.28. The standard InChI is InChI=1S/C17H13ClN2O2/c1-22-16-10-12(9-15(18)20-16)17(21)19-14-8-4-6-11-5-2-3-7-13(11)14/h2-10H,1H3,(H,19,21). The van der Waals surface area contributed by atoms with Crippen LogP contribution in [0.2, 0.25) is 5.15 Å². The van der Waals surface area contributed by atoms with Gasteiger partial charge in [-0.25, -0.2) is 4.98 Å². The second-order valence-electron chi connectivity index (χ2n) is 4.70. The Hall–Kier alpha value is -2.59. The molecule has 0 radical (unpaired) electrons. The molecule has 1 N–H and O–H groups in total. The molecule has 5 heteroatoms. The number of ether oxygens (including phenoxy) is 1. The molecule has 1 heterocycles. The quantitative estimate of drug-likeness (QED) is 0.739. The Balaban J connectivity index is 1.95. The van der Waals surface area contributed by atoms with Gasteiger partial charge in [-0.15, -0.1) is 0 Å². The van der Waals surface area contributed by atoms with Gasteiger partial charge in [0.2, 0.25) is 5.88 Å². The molecule has 2 aromatic carbocycles. The lowest BCUT2D eigenvalue weighted by molar-refractivity contribution is 0.102. The summed E-state index contributed by atoms with van der Waals surface area (Å²) >= 11 is 5.90. The Kier molecular flexibility index (Phi) is 3.94. The van der Waals surface area contributed by atoms with Crippen molar-refractivity contribution in [2.75, 3.05) is 12.4 Å². The number of carbonyl (C=O) groups excluding carboxylic acids is 1.